The molecule has 19 heavy (non-hydrogen) atoms. The summed E-state index contributed by atoms with van der Waals surface area (Å²) in [7, 11) is 0. The minimum Gasteiger partial charge on any atom is -0.324 e. The SMILES string of the molecule is Cc1ccc(CCC(N)c2ccc(C)cc2C)cc1. The van der Waals surface area contributed by atoms with E-state index in [-0.39, 0.29) is 6.04 Å². The Kier molecular flexibility index (Phi) is 4.39. The fourth-order valence-electron chi connectivity index (χ4n) is 2.47. The summed E-state index contributed by atoms with van der Waals surface area (Å²) in [4.78, 5) is 0. The van der Waals surface area contributed by atoms with Gasteiger partial charge in [0, 0.05) is 6.04 Å². The van der Waals surface area contributed by atoms with Gasteiger partial charge >= 0.3 is 0 Å². The van der Waals surface area contributed by atoms with Crippen LogP contribution < -0.4 is 5.73 Å². The maximum Gasteiger partial charge on any atom is 0.0300 e. The number of rotatable bonds is 4. The minimum atomic E-state index is 0.127. The van der Waals surface area contributed by atoms with Gasteiger partial charge in [0.2, 0.25) is 0 Å². The van der Waals surface area contributed by atoms with Crippen molar-refractivity contribution in [2.45, 2.75) is 39.7 Å². The zero-order valence-electron chi connectivity index (χ0n) is 12.1. The Morgan fingerprint density at radius 1 is 0.895 bits per heavy atom. The van der Waals surface area contributed by atoms with Crippen LogP contribution in [0.3, 0.4) is 0 Å². The Balaban J connectivity index is 2.01. The lowest BCUT2D eigenvalue weighted by Crippen LogP contribution is -2.12. The van der Waals surface area contributed by atoms with Crippen LogP contribution in [0.2, 0.25) is 0 Å². The molecule has 2 aromatic carbocycles. The van der Waals surface area contributed by atoms with Crippen LogP contribution in [0.5, 0.6) is 0 Å². The van der Waals surface area contributed by atoms with Crippen molar-refractivity contribution >= 4 is 0 Å². The van der Waals surface area contributed by atoms with Gasteiger partial charge in [0.1, 0.15) is 0 Å². The maximum absolute atomic E-state index is 6.32. The number of nitrogens with two attached hydrogens (primary N) is 1. The van der Waals surface area contributed by atoms with Gasteiger partial charge in [0.15, 0.2) is 0 Å². The highest BCUT2D eigenvalue weighted by molar-refractivity contribution is 5.32. The van der Waals surface area contributed by atoms with Gasteiger partial charge in [-0.25, -0.2) is 0 Å². The quantitative estimate of drug-likeness (QED) is 0.866. The maximum atomic E-state index is 6.32. The lowest BCUT2D eigenvalue weighted by molar-refractivity contribution is 0.647. The smallest absolute Gasteiger partial charge is 0.0300 e. The molecule has 1 atom stereocenters. The van der Waals surface area contributed by atoms with Crippen molar-refractivity contribution in [3.05, 3.63) is 70.3 Å². The van der Waals surface area contributed by atoms with E-state index in [4.69, 9.17) is 5.73 Å². The monoisotopic (exact) mass is 253 g/mol. The van der Waals surface area contributed by atoms with Crippen molar-refractivity contribution in [2.24, 2.45) is 5.73 Å². The van der Waals surface area contributed by atoms with Crippen molar-refractivity contribution in [2.75, 3.05) is 0 Å². The third-order valence-corrected chi connectivity index (χ3v) is 3.69. The lowest BCUT2D eigenvalue weighted by Gasteiger charge is -2.15. The molecule has 0 aliphatic rings. The first-order chi connectivity index (χ1) is 9.06. The van der Waals surface area contributed by atoms with Gasteiger partial charge in [-0.3, -0.25) is 0 Å². The number of hydrogen-bond donors (Lipinski definition) is 1. The predicted octanol–water partition coefficient (Wildman–Crippen LogP) is 4.24. The predicted molar refractivity (Wildman–Crippen MR) is 82.3 cm³/mol. The first-order valence-electron chi connectivity index (χ1n) is 6.94. The van der Waals surface area contributed by atoms with Crippen LogP contribution in [-0.4, -0.2) is 0 Å². The Morgan fingerprint density at radius 3 is 2.16 bits per heavy atom. The van der Waals surface area contributed by atoms with Crippen LogP contribution in [0.4, 0.5) is 0 Å². The van der Waals surface area contributed by atoms with Crippen molar-refractivity contribution in [3.8, 4) is 0 Å². The molecule has 0 radical (unpaired) electrons. The summed E-state index contributed by atoms with van der Waals surface area (Å²) in [6, 6.07) is 15.4. The molecule has 0 aliphatic heterocycles. The molecule has 2 aromatic rings. The largest absolute Gasteiger partial charge is 0.324 e. The second kappa shape index (κ2) is 6.03. The zero-order valence-corrected chi connectivity index (χ0v) is 12.1. The second-order valence-corrected chi connectivity index (χ2v) is 5.49. The molecule has 0 saturated heterocycles. The highest BCUT2D eigenvalue weighted by atomic mass is 14.6. The lowest BCUT2D eigenvalue weighted by atomic mass is 9.95. The van der Waals surface area contributed by atoms with Crippen LogP contribution >= 0.6 is 0 Å². The summed E-state index contributed by atoms with van der Waals surface area (Å²) in [6.07, 6.45) is 2.03. The molecule has 2 rings (SSSR count). The normalized spacial score (nSPS) is 12.4. The number of aryl methyl sites for hydroxylation is 4. The van der Waals surface area contributed by atoms with E-state index < -0.39 is 0 Å². The van der Waals surface area contributed by atoms with Gasteiger partial charge in [-0.1, -0.05) is 53.6 Å². The van der Waals surface area contributed by atoms with E-state index in [2.05, 4.69) is 63.2 Å². The van der Waals surface area contributed by atoms with Crippen LogP contribution in [-0.2, 0) is 6.42 Å². The van der Waals surface area contributed by atoms with E-state index in [1.54, 1.807) is 0 Å². The fraction of sp³-hybridized carbons (Fsp3) is 0.333. The Hall–Kier alpha value is -1.60. The first-order valence-corrected chi connectivity index (χ1v) is 6.94. The van der Waals surface area contributed by atoms with Crippen LogP contribution in [0.1, 0.15) is 40.3 Å². The molecule has 0 spiro atoms. The van der Waals surface area contributed by atoms with E-state index >= 15 is 0 Å². The summed E-state index contributed by atoms with van der Waals surface area (Å²) in [5.41, 5.74) is 12.9. The van der Waals surface area contributed by atoms with E-state index in [0.29, 0.717) is 0 Å². The molecule has 0 aliphatic carbocycles. The molecule has 0 fully saturated rings. The van der Waals surface area contributed by atoms with Gasteiger partial charge in [-0.2, -0.15) is 0 Å². The Morgan fingerprint density at radius 2 is 1.53 bits per heavy atom. The summed E-state index contributed by atoms with van der Waals surface area (Å²) in [6.45, 7) is 6.38. The molecule has 1 heteroatoms. The van der Waals surface area contributed by atoms with Gasteiger partial charge in [0.25, 0.3) is 0 Å². The summed E-state index contributed by atoms with van der Waals surface area (Å²) < 4.78 is 0. The summed E-state index contributed by atoms with van der Waals surface area (Å²) in [5, 5.41) is 0. The summed E-state index contributed by atoms with van der Waals surface area (Å²) in [5.74, 6) is 0. The number of benzene rings is 2. The first kappa shape index (κ1) is 13.8. The third kappa shape index (κ3) is 3.68. The van der Waals surface area contributed by atoms with Gasteiger partial charge < -0.3 is 5.73 Å². The van der Waals surface area contributed by atoms with Crippen molar-refractivity contribution in [3.63, 3.8) is 0 Å². The standard InChI is InChI=1S/C18H23N/c1-13-4-7-16(8-5-13)9-11-18(19)17-10-6-14(2)12-15(17)3/h4-8,10,12,18H,9,11,19H2,1-3H3. The minimum absolute atomic E-state index is 0.127. The molecule has 0 heterocycles. The molecular formula is C18H23N. The van der Waals surface area contributed by atoms with E-state index in [9.17, 15) is 0 Å². The molecule has 100 valence electrons. The highest BCUT2D eigenvalue weighted by Crippen LogP contribution is 2.21. The van der Waals surface area contributed by atoms with E-state index in [1.807, 2.05) is 0 Å². The second-order valence-electron chi connectivity index (χ2n) is 5.49. The molecule has 0 saturated carbocycles. The Bertz CT molecular complexity index is 540. The molecule has 0 amide bonds. The molecule has 0 aromatic heterocycles. The van der Waals surface area contributed by atoms with Gasteiger partial charge in [0.05, 0.1) is 0 Å². The van der Waals surface area contributed by atoms with Crippen molar-refractivity contribution < 1.29 is 0 Å². The average molecular weight is 253 g/mol. The molecule has 0 bridgehead atoms. The van der Waals surface area contributed by atoms with Crippen LogP contribution in [0.15, 0.2) is 42.5 Å². The fourth-order valence-corrected chi connectivity index (χ4v) is 2.47. The summed E-state index contributed by atoms with van der Waals surface area (Å²) >= 11 is 0. The van der Waals surface area contributed by atoms with E-state index in [0.717, 1.165) is 12.8 Å². The van der Waals surface area contributed by atoms with Crippen molar-refractivity contribution in [1.82, 2.24) is 0 Å². The molecule has 1 unspecified atom stereocenters. The molecular weight excluding hydrogens is 230 g/mol. The third-order valence-electron chi connectivity index (χ3n) is 3.69. The average Bonchev–Trinajstić information content (AvgIpc) is 2.37. The van der Waals surface area contributed by atoms with Crippen LogP contribution in [0.25, 0.3) is 0 Å². The topological polar surface area (TPSA) is 26.0 Å². The number of hydrogen-bond acceptors (Lipinski definition) is 1. The zero-order chi connectivity index (χ0) is 13.8. The molecule has 2 N–H and O–H groups in total. The molecule has 1 nitrogen and oxygen atoms in total. The van der Waals surface area contributed by atoms with E-state index in [1.165, 1.54) is 27.8 Å². The Labute approximate surface area is 116 Å². The van der Waals surface area contributed by atoms with Crippen LogP contribution in [0, 0.1) is 20.8 Å². The van der Waals surface area contributed by atoms with Gasteiger partial charge in [-0.15, -0.1) is 0 Å². The van der Waals surface area contributed by atoms with Gasteiger partial charge in [-0.05, 0) is 50.3 Å². The van der Waals surface area contributed by atoms with Crippen molar-refractivity contribution in [1.29, 1.82) is 0 Å². The highest BCUT2D eigenvalue weighted by Gasteiger charge is 2.09.